The van der Waals surface area contributed by atoms with Gasteiger partial charge < -0.3 is 13.9 Å². The fraction of sp³-hybridized carbons (Fsp3) is 0.125. The fourth-order valence-electron chi connectivity index (χ4n) is 3.12. The van der Waals surface area contributed by atoms with Crippen LogP contribution in [0.1, 0.15) is 16.7 Å². The number of rotatable bonds is 5. The van der Waals surface area contributed by atoms with Gasteiger partial charge in [-0.1, -0.05) is 29.8 Å². The van der Waals surface area contributed by atoms with Gasteiger partial charge in [-0.05, 0) is 66.9 Å². The van der Waals surface area contributed by atoms with Gasteiger partial charge in [-0.3, -0.25) is 4.79 Å². The van der Waals surface area contributed by atoms with Crippen LogP contribution in [0.5, 0.6) is 17.2 Å². The molecule has 0 saturated heterocycles. The summed E-state index contributed by atoms with van der Waals surface area (Å²) in [6.07, 6.45) is 1.34. The average molecular weight is 407 g/mol. The van der Waals surface area contributed by atoms with Gasteiger partial charge in [0.2, 0.25) is 11.2 Å². The Balaban J connectivity index is 1.56. The first kappa shape index (κ1) is 19.1. The third-order valence-corrected chi connectivity index (χ3v) is 4.71. The second-order valence-corrected chi connectivity index (χ2v) is 7.36. The van der Waals surface area contributed by atoms with Crippen molar-refractivity contribution in [2.45, 2.75) is 20.5 Å². The van der Waals surface area contributed by atoms with Crippen molar-refractivity contribution in [3.05, 3.63) is 98.9 Å². The molecule has 0 spiro atoms. The standard InChI is InChI=1S/C24H19ClO4/c1-15-9-16(2)11-20(10-15)29-23-14-28-22-12-19(7-8-21(22)24(23)26)27-13-17-3-5-18(25)6-4-17/h3-12,14H,13H2,1-2H3. The van der Waals surface area contributed by atoms with E-state index in [-0.39, 0.29) is 11.2 Å². The molecule has 0 atom stereocenters. The number of aryl methyl sites for hydroxylation is 2. The van der Waals surface area contributed by atoms with E-state index in [0.29, 0.717) is 34.1 Å². The SMILES string of the molecule is Cc1cc(C)cc(Oc2coc3cc(OCc4ccc(Cl)cc4)ccc3c2=O)c1. The van der Waals surface area contributed by atoms with Gasteiger partial charge in [-0.25, -0.2) is 0 Å². The third-order valence-electron chi connectivity index (χ3n) is 4.46. The van der Waals surface area contributed by atoms with Crippen molar-refractivity contribution in [2.24, 2.45) is 0 Å². The second-order valence-electron chi connectivity index (χ2n) is 6.93. The highest BCUT2D eigenvalue weighted by atomic mass is 35.5. The number of hydrogen-bond donors (Lipinski definition) is 0. The largest absolute Gasteiger partial charge is 0.489 e. The Hall–Kier alpha value is -3.24. The lowest BCUT2D eigenvalue weighted by Gasteiger charge is -2.09. The van der Waals surface area contributed by atoms with Crippen LogP contribution in [0.25, 0.3) is 11.0 Å². The lowest BCUT2D eigenvalue weighted by molar-refractivity contribution is 0.306. The van der Waals surface area contributed by atoms with Gasteiger partial charge in [0.1, 0.15) is 30.0 Å². The molecule has 0 aliphatic heterocycles. The molecule has 0 aliphatic rings. The molecule has 0 fully saturated rings. The summed E-state index contributed by atoms with van der Waals surface area (Å²) in [7, 11) is 0. The summed E-state index contributed by atoms with van der Waals surface area (Å²) in [5, 5.41) is 1.12. The monoisotopic (exact) mass is 406 g/mol. The van der Waals surface area contributed by atoms with Gasteiger partial charge in [-0.15, -0.1) is 0 Å². The van der Waals surface area contributed by atoms with Gasteiger partial charge in [0, 0.05) is 11.1 Å². The minimum atomic E-state index is -0.227. The van der Waals surface area contributed by atoms with Crippen LogP contribution in [0.3, 0.4) is 0 Å². The van der Waals surface area contributed by atoms with Crippen molar-refractivity contribution in [2.75, 3.05) is 0 Å². The molecule has 4 aromatic rings. The summed E-state index contributed by atoms with van der Waals surface area (Å²) in [5.41, 5.74) is 3.33. The molecule has 1 aromatic heterocycles. The molecular formula is C24H19ClO4. The molecule has 146 valence electrons. The third kappa shape index (κ3) is 4.44. The van der Waals surface area contributed by atoms with E-state index in [1.807, 2.05) is 56.3 Å². The smallest absolute Gasteiger partial charge is 0.235 e. The van der Waals surface area contributed by atoms with Gasteiger partial charge in [0.05, 0.1) is 5.39 Å². The summed E-state index contributed by atoms with van der Waals surface area (Å²) >= 11 is 5.90. The highest BCUT2D eigenvalue weighted by molar-refractivity contribution is 6.30. The maximum atomic E-state index is 12.8. The molecule has 0 unspecified atom stereocenters. The van der Waals surface area contributed by atoms with Crippen LogP contribution >= 0.6 is 11.6 Å². The summed E-state index contributed by atoms with van der Waals surface area (Å²) < 4.78 is 17.2. The van der Waals surface area contributed by atoms with E-state index in [4.69, 9.17) is 25.5 Å². The molecule has 0 amide bonds. The van der Waals surface area contributed by atoms with E-state index in [9.17, 15) is 4.79 Å². The van der Waals surface area contributed by atoms with E-state index in [1.54, 1.807) is 18.2 Å². The van der Waals surface area contributed by atoms with Crippen molar-refractivity contribution in [1.29, 1.82) is 0 Å². The zero-order valence-corrected chi connectivity index (χ0v) is 16.8. The minimum Gasteiger partial charge on any atom is -0.489 e. The van der Waals surface area contributed by atoms with E-state index in [0.717, 1.165) is 16.7 Å². The lowest BCUT2D eigenvalue weighted by Crippen LogP contribution is -2.05. The van der Waals surface area contributed by atoms with Crippen molar-refractivity contribution < 1.29 is 13.9 Å². The number of ether oxygens (including phenoxy) is 2. The van der Waals surface area contributed by atoms with Gasteiger partial charge in [0.25, 0.3) is 0 Å². The summed E-state index contributed by atoms with van der Waals surface area (Å²) in [6.45, 7) is 4.35. The van der Waals surface area contributed by atoms with Crippen LogP contribution in [0.15, 0.2) is 76.1 Å². The maximum Gasteiger partial charge on any atom is 0.235 e. The molecule has 4 rings (SSSR count). The maximum absolute atomic E-state index is 12.8. The average Bonchev–Trinajstić information content (AvgIpc) is 2.69. The minimum absolute atomic E-state index is 0.150. The quantitative estimate of drug-likeness (QED) is 0.383. The number of benzene rings is 3. The van der Waals surface area contributed by atoms with E-state index in [1.165, 1.54) is 6.26 Å². The number of hydrogen-bond acceptors (Lipinski definition) is 4. The van der Waals surface area contributed by atoms with E-state index >= 15 is 0 Å². The number of halogens is 1. The van der Waals surface area contributed by atoms with Gasteiger partial charge >= 0.3 is 0 Å². The van der Waals surface area contributed by atoms with Crippen LogP contribution in [0.4, 0.5) is 0 Å². The topological polar surface area (TPSA) is 48.7 Å². The summed E-state index contributed by atoms with van der Waals surface area (Å²) in [4.78, 5) is 12.8. The molecule has 0 radical (unpaired) electrons. The fourth-order valence-corrected chi connectivity index (χ4v) is 3.24. The Bertz CT molecular complexity index is 1210. The lowest BCUT2D eigenvalue weighted by atomic mass is 10.1. The zero-order valence-electron chi connectivity index (χ0n) is 16.1. The Morgan fingerprint density at radius 1 is 0.897 bits per heavy atom. The molecular weight excluding hydrogens is 388 g/mol. The normalized spacial score (nSPS) is 10.9. The van der Waals surface area contributed by atoms with Gasteiger partial charge in [-0.2, -0.15) is 0 Å². The molecule has 0 bridgehead atoms. The molecule has 0 N–H and O–H groups in total. The van der Waals surface area contributed by atoms with Crippen molar-refractivity contribution in [3.63, 3.8) is 0 Å². The molecule has 29 heavy (non-hydrogen) atoms. The van der Waals surface area contributed by atoms with Gasteiger partial charge in [0.15, 0.2) is 0 Å². The molecule has 3 aromatic carbocycles. The molecule has 0 saturated carbocycles. The Labute approximate surface area is 173 Å². The Morgan fingerprint density at radius 2 is 1.62 bits per heavy atom. The first-order valence-electron chi connectivity index (χ1n) is 9.17. The molecule has 0 aliphatic carbocycles. The van der Waals surface area contributed by atoms with E-state index in [2.05, 4.69) is 0 Å². The summed E-state index contributed by atoms with van der Waals surface area (Å²) in [6, 6.07) is 18.4. The predicted molar refractivity (Wildman–Crippen MR) is 114 cm³/mol. The highest BCUT2D eigenvalue weighted by Gasteiger charge is 2.11. The number of fused-ring (bicyclic) bond motifs is 1. The Morgan fingerprint density at radius 3 is 2.34 bits per heavy atom. The van der Waals surface area contributed by atoms with Crippen molar-refractivity contribution in [3.8, 4) is 17.2 Å². The van der Waals surface area contributed by atoms with Crippen LogP contribution < -0.4 is 14.9 Å². The van der Waals surface area contributed by atoms with E-state index < -0.39 is 0 Å². The van der Waals surface area contributed by atoms with Crippen molar-refractivity contribution in [1.82, 2.24) is 0 Å². The molecule has 1 heterocycles. The molecule has 5 heteroatoms. The molecule has 4 nitrogen and oxygen atoms in total. The highest BCUT2D eigenvalue weighted by Crippen LogP contribution is 2.26. The van der Waals surface area contributed by atoms with Crippen LogP contribution in [-0.4, -0.2) is 0 Å². The summed E-state index contributed by atoms with van der Waals surface area (Å²) in [5.74, 6) is 1.37. The predicted octanol–water partition coefficient (Wildman–Crippen LogP) is 6.43. The van der Waals surface area contributed by atoms with Crippen LogP contribution in [0.2, 0.25) is 5.02 Å². The Kier molecular flexibility index (Phi) is 5.28. The first-order valence-corrected chi connectivity index (χ1v) is 9.55. The zero-order chi connectivity index (χ0) is 20.4. The second kappa shape index (κ2) is 8.02. The van der Waals surface area contributed by atoms with Crippen LogP contribution in [0, 0.1) is 13.8 Å². The van der Waals surface area contributed by atoms with Crippen LogP contribution in [-0.2, 0) is 6.61 Å². The first-order chi connectivity index (χ1) is 14.0. The van der Waals surface area contributed by atoms with Crippen molar-refractivity contribution >= 4 is 22.6 Å².